The van der Waals surface area contributed by atoms with Crippen molar-refractivity contribution in [1.82, 2.24) is 10.6 Å². The molecule has 1 fully saturated rings. The van der Waals surface area contributed by atoms with E-state index >= 15 is 0 Å². The van der Waals surface area contributed by atoms with Crippen molar-refractivity contribution in [3.63, 3.8) is 0 Å². The Morgan fingerprint density at radius 1 is 1.06 bits per heavy atom. The lowest BCUT2D eigenvalue weighted by Gasteiger charge is -2.28. The Hall–Kier alpha value is -2.81. The van der Waals surface area contributed by atoms with Crippen molar-refractivity contribution in [2.45, 2.75) is 77.2 Å². The van der Waals surface area contributed by atoms with Crippen LogP contribution in [-0.2, 0) is 20.9 Å². The first kappa shape index (κ1) is 26.2. The molecule has 0 saturated heterocycles. The summed E-state index contributed by atoms with van der Waals surface area (Å²) < 4.78 is 11.0. The van der Waals surface area contributed by atoms with Gasteiger partial charge in [0.25, 0.3) is 0 Å². The molecule has 1 aliphatic rings. The van der Waals surface area contributed by atoms with Crippen LogP contribution in [0, 0.1) is 0 Å². The average Bonchev–Trinajstić information content (AvgIpc) is 2.70. The molecule has 1 aliphatic carbocycles. The Bertz CT molecular complexity index is 679. The second-order valence-corrected chi connectivity index (χ2v) is 8.31. The van der Waals surface area contributed by atoms with E-state index in [1.54, 1.807) is 0 Å². The summed E-state index contributed by atoms with van der Waals surface area (Å²) in [7, 11) is 0. The lowest BCUT2D eigenvalue weighted by Crippen LogP contribution is -2.53. The molecule has 0 radical (unpaired) electrons. The number of nitrogens with one attached hydrogen (secondary N) is 2. The minimum Gasteiger partial charge on any atom is -0.450 e. The summed E-state index contributed by atoms with van der Waals surface area (Å²) in [5.41, 5.74) is 0.487. The fourth-order valence-electron chi connectivity index (χ4n) is 2.97. The fraction of sp³-hybridized carbons (Fsp3) is 0.591. The van der Waals surface area contributed by atoms with Crippen LogP contribution in [0.4, 0.5) is 9.59 Å². The SMILES string of the molecule is CC(C)(C)OC[C@@H](NC(=O)OCc1ccccc1)C(=O)NC1CCCCC1.O=C(O)O. The Labute approximate surface area is 183 Å². The van der Waals surface area contributed by atoms with Gasteiger partial charge in [0.1, 0.15) is 12.6 Å². The van der Waals surface area contributed by atoms with Gasteiger partial charge in [0.15, 0.2) is 0 Å². The van der Waals surface area contributed by atoms with Crippen LogP contribution in [0.25, 0.3) is 0 Å². The lowest BCUT2D eigenvalue weighted by molar-refractivity contribution is -0.127. The largest absolute Gasteiger partial charge is 0.503 e. The van der Waals surface area contributed by atoms with Gasteiger partial charge in [0.05, 0.1) is 12.2 Å². The van der Waals surface area contributed by atoms with Gasteiger partial charge in [-0.1, -0.05) is 49.6 Å². The number of hydrogen-bond acceptors (Lipinski definition) is 5. The zero-order chi connectivity index (χ0) is 23.3. The van der Waals surface area contributed by atoms with Crippen LogP contribution in [0.1, 0.15) is 58.4 Å². The summed E-state index contributed by atoms with van der Waals surface area (Å²) >= 11 is 0. The molecule has 1 aromatic rings. The van der Waals surface area contributed by atoms with E-state index in [0.29, 0.717) is 0 Å². The third kappa shape index (κ3) is 13.2. The van der Waals surface area contributed by atoms with Crippen LogP contribution in [0.3, 0.4) is 0 Å². The highest BCUT2D eigenvalue weighted by molar-refractivity contribution is 5.86. The van der Waals surface area contributed by atoms with Gasteiger partial charge in [-0.25, -0.2) is 9.59 Å². The highest BCUT2D eigenvalue weighted by Crippen LogP contribution is 2.17. The van der Waals surface area contributed by atoms with Gasteiger partial charge < -0.3 is 30.3 Å². The second kappa shape index (κ2) is 13.5. The molecular formula is C22H34N2O7. The third-order valence-corrected chi connectivity index (χ3v) is 4.46. The molecule has 4 N–H and O–H groups in total. The zero-order valence-corrected chi connectivity index (χ0v) is 18.4. The number of ether oxygens (including phenoxy) is 2. The normalized spacial score (nSPS) is 15.1. The molecule has 174 valence electrons. The topological polar surface area (TPSA) is 134 Å². The van der Waals surface area contributed by atoms with Gasteiger partial charge in [-0.05, 0) is 39.2 Å². The fourth-order valence-corrected chi connectivity index (χ4v) is 2.97. The number of rotatable bonds is 7. The van der Waals surface area contributed by atoms with E-state index in [1.165, 1.54) is 6.42 Å². The summed E-state index contributed by atoms with van der Waals surface area (Å²) in [6, 6.07) is 8.81. The summed E-state index contributed by atoms with van der Waals surface area (Å²) in [5, 5.41) is 19.6. The summed E-state index contributed by atoms with van der Waals surface area (Å²) in [4.78, 5) is 33.4. The first-order chi connectivity index (χ1) is 14.6. The molecule has 31 heavy (non-hydrogen) atoms. The van der Waals surface area contributed by atoms with E-state index < -0.39 is 23.9 Å². The molecule has 0 heterocycles. The van der Waals surface area contributed by atoms with Crippen LogP contribution >= 0.6 is 0 Å². The smallest absolute Gasteiger partial charge is 0.450 e. The zero-order valence-electron chi connectivity index (χ0n) is 18.4. The van der Waals surface area contributed by atoms with Gasteiger partial charge in [-0.2, -0.15) is 0 Å². The van der Waals surface area contributed by atoms with E-state index in [1.807, 2.05) is 51.1 Å². The molecule has 9 nitrogen and oxygen atoms in total. The van der Waals surface area contributed by atoms with E-state index in [2.05, 4.69) is 10.6 Å². The van der Waals surface area contributed by atoms with E-state index in [-0.39, 0.29) is 25.2 Å². The molecule has 2 amide bonds. The van der Waals surface area contributed by atoms with Crippen LogP contribution in [0.2, 0.25) is 0 Å². The van der Waals surface area contributed by atoms with Crippen LogP contribution in [-0.4, -0.2) is 52.7 Å². The molecule has 9 heteroatoms. The number of hydrogen-bond donors (Lipinski definition) is 4. The number of alkyl carbamates (subject to hydrolysis) is 1. The maximum Gasteiger partial charge on any atom is 0.503 e. The first-order valence-electron chi connectivity index (χ1n) is 10.4. The highest BCUT2D eigenvalue weighted by atomic mass is 16.6. The van der Waals surface area contributed by atoms with Gasteiger partial charge in [0, 0.05) is 6.04 Å². The summed E-state index contributed by atoms with van der Waals surface area (Å²) in [6.45, 7) is 6.00. The first-order valence-corrected chi connectivity index (χ1v) is 10.4. The van der Waals surface area contributed by atoms with Gasteiger partial charge >= 0.3 is 12.2 Å². The molecule has 0 aliphatic heterocycles. The molecule has 0 aromatic heterocycles. The lowest BCUT2D eigenvalue weighted by atomic mass is 9.95. The average molecular weight is 439 g/mol. The maximum absolute atomic E-state index is 12.7. The molecule has 0 bridgehead atoms. The Morgan fingerprint density at radius 3 is 2.19 bits per heavy atom. The van der Waals surface area contributed by atoms with E-state index in [0.717, 1.165) is 31.2 Å². The third-order valence-electron chi connectivity index (χ3n) is 4.46. The van der Waals surface area contributed by atoms with Crippen molar-refractivity contribution in [3.05, 3.63) is 35.9 Å². The number of amides is 2. The van der Waals surface area contributed by atoms with Crippen molar-refractivity contribution in [2.24, 2.45) is 0 Å². The minimum absolute atomic E-state index is 0.0997. The standard InChI is InChI=1S/C21H32N2O4.CH2O3/c1-21(2,3)27-15-18(19(24)22-17-12-8-5-9-13-17)23-20(25)26-14-16-10-6-4-7-11-16;2-1(3)4/h4,6-7,10-11,17-18H,5,8-9,12-15H2,1-3H3,(H,22,24)(H,23,25);(H2,2,3,4)/t18-;/m1./s1. The molecular weight excluding hydrogens is 404 g/mol. The summed E-state index contributed by atoms with van der Waals surface area (Å²) in [5.74, 6) is -0.220. The van der Waals surface area contributed by atoms with Crippen LogP contribution in [0.15, 0.2) is 30.3 Å². The predicted molar refractivity (Wildman–Crippen MR) is 115 cm³/mol. The Kier molecular flexibility index (Phi) is 11.4. The molecule has 0 unspecified atom stereocenters. The van der Waals surface area contributed by atoms with Crippen molar-refractivity contribution in [3.8, 4) is 0 Å². The Balaban J connectivity index is 0.00000110. The summed E-state index contributed by atoms with van der Waals surface area (Å²) in [6.07, 6.45) is 2.97. The van der Waals surface area contributed by atoms with Crippen LogP contribution in [0.5, 0.6) is 0 Å². The van der Waals surface area contributed by atoms with Gasteiger partial charge in [-0.3, -0.25) is 4.79 Å². The quantitative estimate of drug-likeness (QED) is 0.509. The van der Waals surface area contributed by atoms with Gasteiger partial charge in [-0.15, -0.1) is 0 Å². The van der Waals surface area contributed by atoms with E-state index in [4.69, 9.17) is 24.5 Å². The molecule has 1 saturated carbocycles. The number of carboxylic acid groups (broad SMARTS) is 2. The molecule has 1 atom stereocenters. The molecule has 0 spiro atoms. The van der Waals surface area contributed by atoms with E-state index in [9.17, 15) is 9.59 Å². The predicted octanol–water partition coefficient (Wildman–Crippen LogP) is 3.77. The number of carbonyl (C=O) groups is 3. The van der Waals surface area contributed by atoms with Crippen molar-refractivity contribution >= 4 is 18.2 Å². The molecule has 2 rings (SSSR count). The van der Waals surface area contributed by atoms with Crippen molar-refractivity contribution in [2.75, 3.05) is 6.61 Å². The minimum atomic E-state index is -1.83. The number of benzene rings is 1. The van der Waals surface area contributed by atoms with Crippen LogP contribution < -0.4 is 10.6 Å². The monoisotopic (exact) mass is 438 g/mol. The highest BCUT2D eigenvalue weighted by Gasteiger charge is 2.26. The maximum atomic E-state index is 12.7. The number of carbonyl (C=O) groups excluding carboxylic acids is 2. The Morgan fingerprint density at radius 2 is 1.65 bits per heavy atom. The molecule has 1 aromatic carbocycles. The second-order valence-electron chi connectivity index (χ2n) is 8.31. The van der Waals surface area contributed by atoms with Crippen molar-refractivity contribution in [1.29, 1.82) is 0 Å². The van der Waals surface area contributed by atoms with Crippen molar-refractivity contribution < 1.29 is 34.1 Å². The van der Waals surface area contributed by atoms with Gasteiger partial charge in [0.2, 0.25) is 5.91 Å².